The summed E-state index contributed by atoms with van der Waals surface area (Å²) in [6.45, 7) is -2.34. The molecule has 218 valence electrons. The van der Waals surface area contributed by atoms with Crippen LogP contribution in [0.25, 0.3) is 0 Å². The third-order valence-corrected chi connectivity index (χ3v) is 6.37. The second-order valence-electron chi connectivity index (χ2n) is 8.39. The largest absolute Gasteiger partial charge is 0.460 e. The summed E-state index contributed by atoms with van der Waals surface area (Å²) >= 11 is 12.0. The molecule has 0 amide bonds. The summed E-state index contributed by atoms with van der Waals surface area (Å²) in [7, 11) is 0. The highest BCUT2D eigenvalue weighted by Gasteiger charge is 2.73. The van der Waals surface area contributed by atoms with Crippen molar-refractivity contribution in [2.24, 2.45) is 0 Å². The second-order valence-corrected chi connectivity index (χ2v) is 9.18. The van der Waals surface area contributed by atoms with Crippen LogP contribution >= 0.6 is 23.2 Å². The number of hydrogen-bond donors (Lipinski definition) is 1. The van der Waals surface area contributed by atoms with Gasteiger partial charge in [-0.1, -0.05) is 59.6 Å². The molecule has 1 atom stereocenters. The van der Waals surface area contributed by atoms with Crippen LogP contribution in [0.2, 0.25) is 10.0 Å². The van der Waals surface area contributed by atoms with Gasteiger partial charge in [0.05, 0.1) is 11.6 Å². The highest BCUT2D eigenvalue weighted by molar-refractivity contribution is 6.42. The first-order valence-corrected chi connectivity index (χ1v) is 11.7. The van der Waals surface area contributed by atoms with Crippen molar-refractivity contribution < 1.29 is 53.7 Å². The summed E-state index contributed by atoms with van der Waals surface area (Å²) in [4.78, 5) is 0.672. The fraction of sp³-hybridized carbons (Fsp3) is 0.280. The van der Waals surface area contributed by atoms with Crippen LogP contribution in [0.4, 0.5) is 49.6 Å². The van der Waals surface area contributed by atoms with Crippen LogP contribution < -0.4 is 9.64 Å². The molecule has 0 radical (unpaired) electrons. The van der Waals surface area contributed by atoms with E-state index in [9.17, 15) is 49.0 Å². The smallest absolute Gasteiger partial charge is 0.456 e. The summed E-state index contributed by atoms with van der Waals surface area (Å²) in [6, 6.07) is 12.1. The minimum atomic E-state index is -6.64. The summed E-state index contributed by atoms with van der Waals surface area (Å²) in [6.07, 6.45) is -14.9. The first-order valence-electron chi connectivity index (χ1n) is 11.0. The van der Waals surface area contributed by atoms with Gasteiger partial charge in [-0.3, -0.25) is 0 Å². The highest BCUT2D eigenvalue weighted by atomic mass is 35.5. The van der Waals surface area contributed by atoms with E-state index in [0.29, 0.717) is 11.0 Å². The van der Waals surface area contributed by atoms with E-state index in [2.05, 4.69) is 0 Å². The molecule has 0 saturated carbocycles. The van der Waals surface area contributed by atoms with Crippen molar-refractivity contribution in [2.45, 2.75) is 36.8 Å². The molecule has 0 bridgehead atoms. The number of aliphatic hydroxyl groups excluding tert-OH is 1. The molecule has 0 unspecified atom stereocenters. The van der Waals surface area contributed by atoms with E-state index in [1.165, 1.54) is 36.4 Å². The lowest BCUT2D eigenvalue weighted by Crippen LogP contribution is -2.50. The van der Waals surface area contributed by atoms with Gasteiger partial charge in [-0.05, 0) is 29.8 Å². The maximum absolute atomic E-state index is 14.6. The van der Waals surface area contributed by atoms with Gasteiger partial charge in [0.15, 0.2) is 6.10 Å². The lowest BCUT2D eigenvalue weighted by Gasteiger charge is -2.32. The Hall–Kier alpha value is -2.90. The monoisotopic (exact) mass is 623 g/mol. The van der Waals surface area contributed by atoms with Crippen LogP contribution in [0.3, 0.4) is 0 Å². The Balaban J connectivity index is 2.06. The van der Waals surface area contributed by atoms with Crippen molar-refractivity contribution in [3.63, 3.8) is 0 Å². The third kappa shape index (κ3) is 6.69. The second kappa shape index (κ2) is 11.5. The first kappa shape index (κ1) is 31.6. The minimum absolute atomic E-state index is 0.0133. The van der Waals surface area contributed by atoms with E-state index in [0.717, 1.165) is 24.3 Å². The molecular formula is C25H17Cl2F10NO2. The van der Waals surface area contributed by atoms with Gasteiger partial charge in [0.2, 0.25) is 0 Å². The van der Waals surface area contributed by atoms with E-state index in [-0.39, 0.29) is 27.2 Å². The van der Waals surface area contributed by atoms with Gasteiger partial charge in [-0.2, -0.15) is 43.9 Å². The molecule has 0 saturated heterocycles. The molecule has 15 heteroatoms. The van der Waals surface area contributed by atoms with E-state index in [1.807, 2.05) is 0 Å². The Morgan fingerprint density at radius 2 is 1.43 bits per heavy atom. The number of aliphatic hydroxyl groups is 1. The molecule has 3 aromatic rings. The van der Waals surface area contributed by atoms with Gasteiger partial charge < -0.3 is 14.7 Å². The molecular weight excluding hydrogens is 607 g/mol. The summed E-state index contributed by atoms with van der Waals surface area (Å²) in [5.41, 5.74) is -2.81. The van der Waals surface area contributed by atoms with Crippen molar-refractivity contribution in [1.82, 2.24) is 0 Å². The van der Waals surface area contributed by atoms with E-state index in [4.69, 9.17) is 27.9 Å². The molecule has 40 heavy (non-hydrogen) atoms. The van der Waals surface area contributed by atoms with E-state index in [1.54, 1.807) is 0 Å². The molecule has 0 spiro atoms. The van der Waals surface area contributed by atoms with Crippen molar-refractivity contribution in [1.29, 1.82) is 0 Å². The Kier molecular flexibility index (Phi) is 9.12. The molecule has 0 aliphatic heterocycles. The molecule has 0 fully saturated rings. The normalized spacial score (nSPS) is 13.7. The van der Waals surface area contributed by atoms with E-state index < -0.39 is 54.5 Å². The van der Waals surface area contributed by atoms with Crippen molar-refractivity contribution in [3.8, 4) is 11.5 Å². The predicted octanol–water partition coefficient (Wildman–Crippen LogP) is 9.00. The zero-order chi connectivity index (χ0) is 30.1. The zero-order valence-corrected chi connectivity index (χ0v) is 21.2. The lowest BCUT2D eigenvalue weighted by molar-refractivity contribution is -0.359. The molecule has 0 aliphatic carbocycles. The number of halogens is 12. The van der Waals surface area contributed by atoms with Gasteiger partial charge >= 0.3 is 24.2 Å². The quantitative estimate of drug-likeness (QED) is 0.241. The lowest BCUT2D eigenvalue weighted by atomic mass is 9.96. The van der Waals surface area contributed by atoms with E-state index >= 15 is 0 Å². The van der Waals surface area contributed by atoms with Crippen molar-refractivity contribution in [3.05, 3.63) is 87.9 Å². The number of nitrogens with zero attached hydrogens (tertiary/aromatic N) is 1. The highest BCUT2D eigenvalue weighted by Crippen LogP contribution is 2.52. The van der Waals surface area contributed by atoms with Gasteiger partial charge in [0.1, 0.15) is 16.5 Å². The van der Waals surface area contributed by atoms with Crippen LogP contribution in [-0.4, -0.2) is 36.0 Å². The minimum Gasteiger partial charge on any atom is -0.456 e. The number of alkyl halides is 10. The third-order valence-electron chi connectivity index (χ3n) is 5.57. The molecule has 0 heterocycles. The summed E-state index contributed by atoms with van der Waals surface area (Å²) in [5, 5.41) is 9.78. The van der Waals surface area contributed by atoms with Crippen molar-refractivity contribution in [2.75, 3.05) is 11.4 Å². The average Bonchev–Trinajstić information content (AvgIpc) is 2.85. The van der Waals surface area contributed by atoms with Crippen LogP contribution in [0, 0.1) is 0 Å². The maximum Gasteiger partial charge on any atom is 0.460 e. The van der Waals surface area contributed by atoms with Crippen LogP contribution in [0.15, 0.2) is 66.7 Å². The Labute approximate surface area is 230 Å². The number of hydrogen-bond acceptors (Lipinski definition) is 3. The summed E-state index contributed by atoms with van der Waals surface area (Å²) < 4.78 is 140. The number of benzene rings is 3. The fourth-order valence-corrected chi connectivity index (χ4v) is 3.85. The molecule has 0 aliphatic rings. The predicted molar refractivity (Wildman–Crippen MR) is 127 cm³/mol. The fourth-order valence-electron chi connectivity index (χ4n) is 3.52. The Morgan fingerprint density at radius 3 is 2.05 bits per heavy atom. The summed E-state index contributed by atoms with van der Waals surface area (Å²) in [5.74, 6) is -12.3. The van der Waals surface area contributed by atoms with Gasteiger partial charge in [0, 0.05) is 23.9 Å². The van der Waals surface area contributed by atoms with Gasteiger partial charge in [0.25, 0.3) is 0 Å². The molecule has 3 aromatic carbocycles. The number of anilines is 1. The van der Waals surface area contributed by atoms with Gasteiger partial charge in [-0.15, -0.1) is 0 Å². The topological polar surface area (TPSA) is 32.7 Å². The first-order chi connectivity index (χ1) is 18.4. The van der Waals surface area contributed by atoms with Crippen molar-refractivity contribution >= 4 is 28.9 Å². The molecule has 3 rings (SSSR count). The molecule has 3 nitrogen and oxygen atoms in total. The van der Waals surface area contributed by atoms with Crippen LogP contribution in [-0.2, 0) is 12.5 Å². The Bertz CT molecular complexity index is 1330. The van der Waals surface area contributed by atoms with Crippen LogP contribution in [0.1, 0.15) is 11.1 Å². The Morgan fingerprint density at radius 1 is 0.800 bits per heavy atom. The van der Waals surface area contributed by atoms with Crippen LogP contribution in [0.5, 0.6) is 11.5 Å². The number of ether oxygens (including phenoxy) is 1. The zero-order valence-electron chi connectivity index (χ0n) is 19.7. The average molecular weight is 624 g/mol. The molecule has 1 N–H and O–H groups in total. The maximum atomic E-state index is 14.6. The van der Waals surface area contributed by atoms with Gasteiger partial charge in [-0.25, -0.2) is 0 Å². The number of rotatable bonds is 9. The molecule has 0 aromatic heterocycles. The standard InChI is InChI=1S/C25H17Cl2F10NO2/c26-18-9-4-10-19(21(18)27)40-16-7-3-6-15(11-16)38(13-20(39)23(30,31)32)12-14-5-1-2-8-17(14)22(28,29)24(33,34)25(35,36)37/h1-11,20,39H,12-13H2/t20-/m1/s1. The SMILES string of the molecule is O[C@H](CN(Cc1ccccc1C(F)(F)C(F)(F)C(F)(F)F)c1cccc(Oc2cccc(Cl)c2Cl)c1)C(F)(F)F.